The summed E-state index contributed by atoms with van der Waals surface area (Å²) in [6.45, 7) is 0. The lowest BCUT2D eigenvalue weighted by Crippen LogP contribution is -2.38. The minimum absolute atomic E-state index is 0.561. The number of hydroxylamine groups is 1. The first kappa shape index (κ1) is 17.1. The second-order valence-corrected chi connectivity index (χ2v) is 7.06. The number of nitrogens with zero attached hydrogens (tertiary/aromatic N) is 1. The van der Waals surface area contributed by atoms with E-state index in [-0.39, 0.29) is 0 Å². The number of hydrogen-bond donors (Lipinski definition) is 2. The van der Waals surface area contributed by atoms with Crippen molar-refractivity contribution in [3.8, 4) is 0 Å². The molecule has 7 heteroatoms. The van der Waals surface area contributed by atoms with Crippen molar-refractivity contribution in [3.05, 3.63) is 71.8 Å². The third-order valence-electron chi connectivity index (χ3n) is 3.47. The van der Waals surface area contributed by atoms with Gasteiger partial charge in [-0.25, -0.2) is 13.9 Å². The Bertz CT molecular complexity index is 709. The fourth-order valence-corrected chi connectivity index (χ4v) is 3.51. The van der Waals surface area contributed by atoms with E-state index in [1.807, 2.05) is 60.7 Å². The SMILES string of the molecule is CN(C(c1ccccc1)c1ccccc1)S(=O)(=O)CC(=O)NO. The maximum Gasteiger partial charge on any atom is 0.259 e. The van der Waals surface area contributed by atoms with E-state index in [2.05, 4.69) is 0 Å². The normalized spacial score (nSPS) is 11.7. The third-order valence-corrected chi connectivity index (χ3v) is 5.19. The average Bonchev–Trinajstić information content (AvgIpc) is 2.56. The second-order valence-electron chi connectivity index (χ2n) is 5.03. The molecule has 0 aromatic heterocycles. The lowest BCUT2D eigenvalue weighted by atomic mass is 9.99. The molecule has 0 radical (unpaired) electrons. The first-order valence-electron chi connectivity index (χ1n) is 6.94. The minimum atomic E-state index is -3.91. The predicted octanol–water partition coefficient (Wildman–Crippen LogP) is 1.54. The Labute approximate surface area is 135 Å². The predicted molar refractivity (Wildman–Crippen MR) is 86.2 cm³/mol. The van der Waals surface area contributed by atoms with Gasteiger partial charge in [-0.1, -0.05) is 60.7 Å². The molecule has 0 heterocycles. The van der Waals surface area contributed by atoms with Gasteiger partial charge in [-0.2, -0.15) is 4.31 Å². The van der Waals surface area contributed by atoms with Crippen LogP contribution in [-0.2, 0) is 14.8 Å². The summed E-state index contributed by atoms with van der Waals surface area (Å²) in [4.78, 5) is 11.3. The van der Waals surface area contributed by atoms with Gasteiger partial charge in [0.25, 0.3) is 5.91 Å². The Morgan fingerprint density at radius 1 is 1.04 bits per heavy atom. The van der Waals surface area contributed by atoms with Crippen LogP contribution in [-0.4, -0.2) is 36.6 Å². The first-order chi connectivity index (χ1) is 11.0. The number of amides is 1. The number of nitrogens with one attached hydrogen (secondary N) is 1. The van der Waals surface area contributed by atoms with Crippen molar-refractivity contribution in [2.75, 3.05) is 12.8 Å². The van der Waals surface area contributed by atoms with Crippen molar-refractivity contribution in [2.45, 2.75) is 6.04 Å². The molecular weight excluding hydrogens is 316 g/mol. The van der Waals surface area contributed by atoms with Crippen molar-refractivity contribution in [3.63, 3.8) is 0 Å². The highest BCUT2D eigenvalue weighted by Gasteiger charge is 2.30. The van der Waals surface area contributed by atoms with E-state index in [1.165, 1.54) is 12.5 Å². The van der Waals surface area contributed by atoms with Crippen LogP contribution in [0.1, 0.15) is 17.2 Å². The Hall–Kier alpha value is -2.22. The van der Waals surface area contributed by atoms with Crippen LogP contribution in [0.15, 0.2) is 60.7 Å². The van der Waals surface area contributed by atoms with Gasteiger partial charge in [-0.3, -0.25) is 10.0 Å². The Morgan fingerprint density at radius 3 is 1.87 bits per heavy atom. The van der Waals surface area contributed by atoms with E-state index in [1.54, 1.807) is 0 Å². The van der Waals surface area contributed by atoms with Crippen molar-refractivity contribution >= 4 is 15.9 Å². The monoisotopic (exact) mass is 334 g/mol. The summed E-state index contributed by atoms with van der Waals surface area (Å²) in [5.74, 6) is -1.80. The zero-order valence-electron chi connectivity index (χ0n) is 12.6. The molecule has 1 amide bonds. The van der Waals surface area contributed by atoms with Gasteiger partial charge in [0.1, 0.15) is 5.75 Å². The zero-order chi connectivity index (χ0) is 16.9. The van der Waals surface area contributed by atoms with Gasteiger partial charge in [0.2, 0.25) is 10.0 Å². The largest absolute Gasteiger partial charge is 0.289 e. The summed E-state index contributed by atoms with van der Waals surface area (Å²) in [5.41, 5.74) is 2.92. The Kier molecular flexibility index (Phi) is 5.49. The molecule has 23 heavy (non-hydrogen) atoms. The second kappa shape index (κ2) is 7.36. The van der Waals surface area contributed by atoms with Gasteiger partial charge >= 0.3 is 0 Å². The van der Waals surface area contributed by atoms with Gasteiger partial charge in [0.05, 0.1) is 6.04 Å². The Balaban J connectivity index is 2.44. The van der Waals surface area contributed by atoms with Gasteiger partial charge in [0, 0.05) is 7.05 Å². The van der Waals surface area contributed by atoms with Gasteiger partial charge in [-0.05, 0) is 11.1 Å². The highest BCUT2D eigenvalue weighted by atomic mass is 32.2. The van der Waals surface area contributed by atoms with Crippen LogP contribution in [0.2, 0.25) is 0 Å². The van der Waals surface area contributed by atoms with Crippen LogP contribution in [0.5, 0.6) is 0 Å². The molecule has 0 saturated heterocycles. The molecule has 0 atom stereocenters. The third kappa shape index (κ3) is 4.16. The maximum atomic E-state index is 12.4. The fraction of sp³-hybridized carbons (Fsp3) is 0.188. The van der Waals surface area contributed by atoms with Crippen molar-refractivity contribution < 1.29 is 18.4 Å². The molecule has 0 bridgehead atoms. The van der Waals surface area contributed by atoms with Gasteiger partial charge in [-0.15, -0.1) is 0 Å². The van der Waals surface area contributed by atoms with E-state index in [0.29, 0.717) is 0 Å². The standard InChI is InChI=1S/C16H18N2O4S/c1-18(23(21,22)12-15(19)17-20)16(13-8-4-2-5-9-13)14-10-6-3-7-11-14/h2-11,16,20H,12H2,1H3,(H,17,19). The number of sulfonamides is 1. The number of hydrogen-bond acceptors (Lipinski definition) is 4. The molecule has 0 aliphatic rings. The first-order valence-corrected chi connectivity index (χ1v) is 8.55. The van der Waals surface area contributed by atoms with E-state index in [4.69, 9.17) is 5.21 Å². The quantitative estimate of drug-likeness (QED) is 0.620. The minimum Gasteiger partial charge on any atom is -0.289 e. The van der Waals surface area contributed by atoms with Crippen LogP contribution in [0, 0.1) is 0 Å². The van der Waals surface area contributed by atoms with Crippen LogP contribution in [0.4, 0.5) is 0 Å². The number of benzene rings is 2. The van der Waals surface area contributed by atoms with E-state index < -0.39 is 27.7 Å². The molecule has 6 nitrogen and oxygen atoms in total. The van der Waals surface area contributed by atoms with Crippen molar-refractivity contribution in [2.24, 2.45) is 0 Å². The van der Waals surface area contributed by atoms with Crippen molar-refractivity contribution in [1.82, 2.24) is 9.79 Å². The topological polar surface area (TPSA) is 86.7 Å². The molecule has 0 aliphatic carbocycles. The number of carbonyl (C=O) groups is 1. The summed E-state index contributed by atoms with van der Waals surface area (Å²) in [6.07, 6.45) is 0. The maximum absolute atomic E-state index is 12.4. The smallest absolute Gasteiger partial charge is 0.259 e. The van der Waals surface area contributed by atoms with E-state index in [9.17, 15) is 13.2 Å². The van der Waals surface area contributed by atoms with Crippen LogP contribution in [0.25, 0.3) is 0 Å². The molecule has 122 valence electrons. The molecule has 2 aromatic rings. The summed E-state index contributed by atoms with van der Waals surface area (Å²) >= 11 is 0. The number of carbonyl (C=O) groups excluding carboxylic acids is 1. The molecule has 2 rings (SSSR count). The van der Waals surface area contributed by atoms with Crippen molar-refractivity contribution in [1.29, 1.82) is 0 Å². The fourth-order valence-electron chi connectivity index (χ4n) is 2.34. The lowest BCUT2D eigenvalue weighted by molar-refractivity contribution is -0.126. The molecule has 0 spiro atoms. The summed E-state index contributed by atoms with van der Waals surface area (Å²) in [5, 5.41) is 8.57. The van der Waals surface area contributed by atoms with Gasteiger partial charge < -0.3 is 0 Å². The highest BCUT2D eigenvalue weighted by molar-refractivity contribution is 7.89. The molecule has 0 aliphatic heterocycles. The van der Waals surface area contributed by atoms with Crippen LogP contribution >= 0.6 is 0 Å². The molecule has 2 N–H and O–H groups in total. The molecule has 2 aromatic carbocycles. The summed E-state index contributed by atoms with van der Waals surface area (Å²) < 4.78 is 26.0. The highest BCUT2D eigenvalue weighted by Crippen LogP contribution is 2.29. The molecule has 0 unspecified atom stereocenters. The molecular formula is C16H18N2O4S. The van der Waals surface area contributed by atoms with E-state index in [0.717, 1.165) is 15.4 Å². The lowest BCUT2D eigenvalue weighted by Gasteiger charge is -2.28. The van der Waals surface area contributed by atoms with Crippen LogP contribution < -0.4 is 5.48 Å². The zero-order valence-corrected chi connectivity index (χ0v) is 13.4. The van der Waals surface area contributed by atoms with Gasteiger partial charge in [0.15, 0.2) is 0 Å². The van der Waals surface area contributed by atoms with Crippen LogP contribution in [0.3, 0.4) is 0 Å². The van der Waals surface area contributed by atoms with E-state index >= 15 is 0 Å². The molecule has 0 saturated carbocycles. The Morgan fingerprint density at radius 2 is 1.48 bits per heavy atom. The summed E-state index contributed by atoms with van der Waals surface area (Å²) in [6, 6.07) is 17.8. The summed E-state index contributed by atoms with van der Waals surface area (Å²) in [7, 11) is -2.48. The average molecular weight is 334 g/mol. The molecule has 0 fully saturated rings. The number of rotatable bonds is 6.